The molecule has 2 aliphatic heterocycles. The minimum absolute atomic E-state index is 0.0506. The molecule has 1 atom stereocenters. The third-order valence-electron chi connectivity index (χ3n) is 8.33. The lowest BCUT2D eigenvalue weighted by atomic mass is 10.0. The Hall–Kier alpha value is -2.98. The number of amides is 2. The standard InChI is InChI=1S/C30H35ClN4O4S/c1-33(23-14-18-34(19-15-23)17-13-21-6-2-3-8-26(21)29(32)36)30(37)28-10-5-16-35(28)40(38,39)24-11-12-25-22(20-24)7-4-9-27(25)31/h2-4,6-9,11-12,20,23,28H,5,10,13-19H2,1H3,(H2,32,36)/t28-/m0/s1. The van der Waals surface area contributed by atoms with Crippen molar-refractivity contribution < 1.29 is 18.0 Å². The molecule has 0 saturated carbocycles. The molecular weight excluding hydrogens is 548 g/mol. The van der Waals surface area contributed by atoms with Crippen LogP contribution in [-0.4, -0.2) is 79.6 Å². The van der Waals surface area contributed by atoms with E-state index < -0.39 is 22.0 Å². The molecule has 8 nitrogen and oxygen atoms in total. The van der Waals surface area contributed by atoms with Gasteiger partial charge >= 0.3 is 0 Å². The van der Waals surface area contributed by atoms with Gasteiger partial charge in [-0.25, -0.2) is 8.42 Å². The third kappa shape index (κ3) is 5.74. The summed E-state index contributed by atoms with van der Waals surface area (Å²) in [5.74, 6) is -0.554. The molecule has 3 aromatic carbocycles. The minimum Gasteiger partial charge on any atom is -0.366 e. The Morgan fingerprint density at radius 3 is 2.50 bits per heavy atom. The predicted molar refractivity (Wildman–Crippen MR) is 157 cm³/mol. The maximum atomic E-state index is 13.7. The highest BCUT2D eigenvalue weighted by Crippen LogP contribution is 2.31. The lowest BCUT2D eigenvalue weighted by Gasteiger charge is -2.38. The number of rotatable bonds is 8. The Bertz CT molecular complexity index is 1520. The Morgan fingerprint density at radius 1 is 1.00 bits per heavy atom. The van der Waals surface area contributed by atoms with Crippen LogP contribution in [0.3, 0.4) is 0 Å². The summed E-state index contributed by atoms with van der Waals surface area (Å²) in [6.07, 6.45) is 3.51. The summed E-state index contributed by atoms with van der Waals surface area (Å²) >= 11 is 6.27. The summed E-state index contributed by atoms with van der Waals surface area (Å²) in [4.78, 5) is 29.6. The molecule has 0 aromatic heterocycles. The summed E-state index contributed by atoms with van der Waals surface area (Å²) < 4.78 is 28.7. The van der Waals surface area contributed by atoms with E-state index in [1.807, 2.05) is 24.3 Å². The average molecular weight is 583 g/mol. The number of benzene rings is 3. The molecule has 0 bridgehead atoms. The van der Waals surface area contributed by atoms with Crippen molar-refractivity contribution in [3.8, 4) is 0 Å². The number of carbonyl (C=O) groups excluding carboxylic acids is 2. The van der Waals surface area contributed by atoms with Gasteiger partial charge in [0.05, 0.1) is 4.90 Å². The number of likely N-dealkylation sites (N-methyl/N-ethyl adjacent to an activating group) is 1. The molecule has 2 aliphatic rings. The van der Waals surface area contributed by atoms with Gasteiger partial charge in [-0.1, -0.05) is 48.0 Å². The smallest absolute Gasteiger partial charge is 0.248 e. The van der Waals surface area contributed by atoms with Gasteiger partial charge in [-0.05, 0) is 67.3 Å². The third-order valence-corrected chi connectivity index (χ3v) is 10.6. The maximum Gasteiger partial charge on any atom is 0.248 e. The van der Waals surface area contributed by atoms with Crippen LogP contribution in [0.25, 0.3) is 10.8 Å². The topological polar surface area (TPSA) is 104 Å². The number of primary amides is 1. The van der Waals surface area contributed by atoms with Crippen molar-refractivity contribution in [3.63, 3.8) is 0 Å². The molecule has 2 heterocycles. The lowest BCUT2D eigenvalue weighted by molar-refractivity contribution is -0.136. The molecule has 0 unspecified atom stereocenters. The minimum atomic E-state index is -3.85. The highest BCUT2D eigenvalue weighted by atomic mass is 35.5. The van der Waals surface area contributed by atoms with Gasteiger partial charge in [-0.2, -0.15) is 4.31 Å². The molecule has 5 rings (SSSR count). The summed E-state index contributed by atoms with van der Waals surface area (Å²) in [6.45, 7) is 2.78. The van der Waals surface area contributed by atoms with Crippen molar-refractivity contribution in [3.05, 3.63) is 76.8 Å². The lowest BCUT2D eigenvalue weighted by Crippen LogP contribution is -2.52. The Kier molecular flexibility index (Phi) is 8.47. The molecule has 2 fully saturated rings. The van der Waals surface area contributed by atoms with E-state index in [4.69, 9.17) is 17.3 Å². The molecule has 2 N–H and O–H groups in total. The number of nitrogens with two attached hydrogens (primary N) is 1. The van der Waals surface area contributed by atoms with E-state index in [0.717, 1.165) is 55.2 Å². The fourth-order valence-corrected chi connectivity index (χ4v) is 7.93. The largest absolute Gasteiger partial charge is 0.366 e. The number of likely N-dealkylation sites (tertiary alicyclic amines) is 1. The van der Waals surface area contributed by atoms with Crippen LogP contribution in [0.4, 0.5) is 0 Å². The van der Waals surface area contributed by atoms with E-state index in [1.54, 1.807) is 48.3 Å². The molecule has 2 amide bonds. The first-order chi connectivity index (χ1) is 19.2. The van der Waals surface area contributed by atoms with Gasteiger partial charge < -0.3 is 15.5 Å². The van der Waals surface area contributed by atoms with Crippen LogP contribution < -0.4 is 5.73 Å². The monoisotopic (exact) mass is 582 g/mol. The van der Waals surface area contributed by atoms with Crippen molar-refractivity contribution in [1.29, 1.82) is 0 Å². The highest BCUT2D eigenvalue weighted by molar-refractivity contribution is 7.89. The van der Waals surface area contributed by atoms with Gasteiger partial charge in [-0.15, -0.1) is 0 Å². The van der Waals surface area contributed by atoms with Crippen molar-refractivity contribution in [2.24, 2.45) is 5.73 Å². The Balaban J connectivity index is 1.21. The van der Waals surface area contributed by atoms with Gasteiger partial charge in [-0.3, -0.25) is 9.59 Å². The molecule has 212 valence electrons. The number of piperidine rings is 1. The molecular formula is C30H35ClN4O4S. The second kappa shape index (κ2) is 11.9. The average Bonchev–Trinajstić information content (AvgIpc) is 3.47. The number of carbonyl (C=O) groups is 2. The van der Waals surface area contributed by atoms with E-state index >= 15 is 0 Å². The first-order valence-corrected chi connectivity index (χ1v) is 15.6. The van der Waals surface area contributed by atoms with E-state index in [9.17, 15) is 18.0 Å². The Morgan fingerprint density at radius 2 is 1.75 bits per heavy atom. The fraction of sp³-hybridized carbons (Fsp3) is 0.400. The van der Waals surface area contributed by atoms with Crippen molar-refractivity contribution in [1.82, 2.24) is 14.1 Å². The zero-order chi connectivity index (χ0) is 28.4. The van der Waals surface area contributed by atoms with Crippen LogP contribution in [0.5, 0.6) is 0 Å². The van der Waals surface area contributed by atoms with Crippen LogP contribution in [0.1, 0.15) is 41.6 Å². The van der Waals surface area contributed by atoms with Crippen LogP contribution in [0, 0.1) is 0 Å². The van der Waals surface area contributed by atoms with E-state index in [0.29, 0.717) is 30.0 Å². The molecule has 40 heavy (non-hydrogen) atoms. The van der Waals surface area contributed by atoms with E-state index in [2.05, 4.69) is 4.90 Å². The van der Waals surface area contributed by atoms with Crippen molar-refractivity contribution in [2.75, 3.05) is 33.2 Å². The molecule has 10 heteroatoms. The number of fused-ring (bicyclic) bond motifs is 1. The predicted octanol–water partition coefficient (Wildman–Crippen LogP) is 3.91. The van der Waals surface area contributed by atoms with Gasteiger partial charge in [0.2, 0.25) is 21.8 Å². The normalized spacial score (nSPS) is 19.2. The molecule has 0 aliphatic carbocycles. The number of sulfonamides is 1. The van der Waals surface area contributed by atoms with Crippen LogP contribution >= 0.6 is 11.6 Å². The molecule has 3 aromatic rings. The summed E-state index contributed by atoms with van der Waals surface area (Å²) in [5, 5.41) is 2.11. The summed E-state index contributed by atoms with van der Waals surface area (Å²) in [6, 6.07) is 17.1. The number of halogens is 1. The molecule has 0 spiro atoms. The second-order valence-electron chi connectivity index (χ2n) is 10.7. The maximum absolute atomic E-state index is 13.7. The summed E-state index contributed by atoms with van der Waals surface area (Å²) in [5.41, 5.74) is 7.02. The van der Waals surface area contributed by atoms with Gasteiger partial charge in [0.15, 0.2) is 0 Å². The highest BCUT2D eigenvalue weighted by Gasteiger charge is 2.42. The quantitative estimate of drug-likeness (QED) is 0.434. The fourth-order valence-electron chi connectivity index (χ4n) is 6.00. The number of nitrogens with zero attached hydrogens (tertiary/aromatic N) is 3. The van der Waals surface area contributed by atoms with Crippen molar-refractivity contribution >= 4 is 44.2 Å². The second-order valence-corrected chi connectivity index (χ2v) is 13.0. The van der Waals surface area contributed by atoms with E-state index in [1.165, 1.54) is 4.31 Å². The van der Waals surface area contributed by atoms with Crippen LogP contribution in [-0.2, 0) is 21.2 Å². The van der Waals surface area contributed by atoms with Crippen LogP contribution in [0.2, 0.25) is 5.02 Å². The van der Waals surface area contributed by atoms with E-state index in [-0.39, 0.29) is 16.8 Å². The molecule has 2 saturated heterocycles. The SMILES string of the molecule is CN(C(=O)[C@@H]1CCCN1S(=O)(=O)c1ccc2c(Cl)cccc2c1)C1CCN(CCc2ccccc2C(N)=O)CC1. The first kappa shape index (κ1) is 28.5. The molecule has 0 radical (unpaired) electrons. The zero-order valence-electron chi connectivity index (χ0n) is 22.6. The van der Waals surface area contributed by atoms with Gasteiger partial charge in [0.25, 0.3) is 0 Å². The number of hydrogen-bond acceptors (Lipinski definition) is 5. The van der Waals surface area contributed by atoms with Crippen LogP contribution in [0.15, 0.2) is 65.6 Å². The zero-order valence-corrected chi connectivity index (χ0v) is 24.2. The summed E-state index contributed by atoms with van der Waals surface area (Å²) in [7, 11) is -2.05. The number of hydrogen-bond donors (Lipinski definition) is 1. The first-order valence-electron chi connectivity index (χ1n) is 13.7. The Labute approximate surface area is 240 Å². The van der Waals surface area contributed by atoms with Gasteiger partial charge in [0.1, 0.15) is 6.04 Å². The van der Waals surface area contributed by atoms with Crippen molar-refractivity contribution in [2.45, 2.75) is 49.1 Å². The van der Waals surface area contributed by atoms with Gasteiger partial charge in [0, 0.05) is 55.2 Å².